The van der Waals surface area contributed by atoms with Gasteiger partial charge in [0.1, 0.15) is 5.75 Å². The number of anilines is 3. The van der Waals surface area contributed by atoms with Crippen LogP contribution in [0.2, 0.25) is 18.6 Å². The summed E-state index contributed by atoms with van der Waals surface area (Å²) in [5, 5.41) is 22.7. The first-order chi connectivity index (χ1) is 24.8. The molecule has 5 atom stereocenters. The van der Waals surface area contributed by atoms with Crippen LogP contribution in [0, 0.1) is 5.92 Å². The summed E-state index contributed by atoms with van der Waals surface area (Å²) in [6.45, 7) is 14.7. The van der Waals surface area contributed by atoms with E-state index in [1.807, 2.05) is 50.2 Å². The predicted molar refractivity (Wildman–Crippen MR) is 208 cm³/mol. The summed E-state index contributed by atoms with van der Waals surface area (Å²) in [5.41, 5.74) is 4.02. The highest BCUT2D eigenvalue weighted by Gasteiger charge is 2.66. The van der Waals surface area contributed by atoms with Gasteiger partial charge in [-0.1, -0.05) is 30.2 Å². The standard InChI is InChI=1S/C41H58FN3O6Si/c1-8-50-32-15-17-35-30(24-32)25-34(43-20-9-10-22-46)39(48)45(35)31-14-16-36-33(26-31)41(29(5)38(52(6,7)42)37(51-41)19-23-47)40(49)44(36)21-18-28(4)13-11-12-27(2)3/h12,14-18,24,26,29,34,37-38,43,46-47H,8-11,13,19-23,25H2,1-7H3/b28-18+/t29-,34?,37+,38-,41+/m1/s1. The van der Waals surface area contributed by atoms with Crippen LogP contribution in [0.15, 0.2) is 59.7 Å². The summed E-state index contributed by atoms with van der Waals surface area (Å²) in [6, 6.07) is 10.9. The average Bonchev–Trinajstić information content (AvgIpc) is 3.51. The number of carbonyl (C=O) groups is 2. The Bertz CT molecular complexity index is 1670. The summed E-state index contributed by atoms with van der Waals surface area (Å²) in [5.74, 6) is -0.150. The molecule has 3 heterocycles. The van der Waals surface area contributed by atoms with E-state index in [0.29, 0.717) is 49.5 Å². The third-order valence-electron chi connectivity index (χ3n) is 10.9. The molecule has 0 bridgehead atoms. The van der Waals surface area contributed by atoms with Crippen molar-refractivity contribution >= 4 is 37.3 Å². The number of aliphatic hydroxyl groups is 2. The van der Waals surface area contributed by atoms with Crippen LogP contribution in [0.3, 0.4) is 0 Å². The lowest BCUT2D eigenvalue weighted by molar-refractivity contribution is -0.146. The van der Waals surface area contributed by atoms with Gasteiger partial charge in [0.2, 0.25) is 14.3 Å². The van der Waals surface area contributed by atoms with E-state index in [1.165, 1.54) is 5.57 Å². The fraction of sp³-hybridized carbons (Fsp3) is 0.561. The Balaban J connectivity index is 1.62. The fourth-order valence-corrected chi connectivity index (χ4v) is 11.0. The molecule has 9 nitrogen and oxygen atoms in total. The maximum atomic E-state index is 16.2. The molecule has 5 rings (SSSR count). The molecular formula is C41H58FN3O6Si. The molecule has 11 heteroatoms. The molecule has 0 saturated carbocycles. The number of ether oxygens (including phenoxy) is 2. The van der Waals surface area contributed by atoms with E-state index in [1.54, 1.807) is 22.9 Å². The molecule has 3 aliphatic rings. The van der Waals surface area contributed by atoms with Crippen LogP contribution in [0.5, 0.6) is 5.75 Å². The smallest absolute Gasteiger partial charge is 0.264 e. The average molecular weight is 736 g/mol. The van der Waals surface area contributed by atoms with Gasteiger partial charge in [0.15, 0.2) is 5.60 Å². The number of nitrogens with zero attached hydrogens (tertiary/aromatic N) is 2. The minimum Gasteiger partial charge on any atom is -0.494 e. The number of aliphatic hydroxyl groups excluding tert-OH is 2. The fourth-order valence-electron chi connectivity index (χ4n) is 8.41. The van der Waals surface area contributed by atoms with Crippen LogP contribution < -0.4 is 19.9 Å². The van der Waals surface area contributed by atoms with Gasteiger partial charge >= 0.3 is 0 Å². The van der Waals surface area contributed by atoms with E-state index in [4.69, 9.17) is 9.47 Å². The second-order valence-electron chi connectivity index (χ2n) is 15.3. The van der Waals surface area contributed by atoms with Crippen molar-refractivity contribution in [2.75, 3.05) is 42.7 Å². The molecule has 2 aromatic carbocycles. The summed E-state index contributed by atoms with van der Waals surface area (Å²) >= 11 is 0. The second kappa shape index (κ2) is 16.8. The number of halogens is 1. The van der Waals surface area contributed by atoms with Gasteiger partial charge in [0.25, 0.3) is 5.91 Å². The van der Waals surface area contributed by atoms with E-state index in [0.717, 1.165) is 41.8 Å². The van der Waals surface area contributed by atoms with Gasteiger partial charge in [-0.25, -0.2) is 0 Å². The number of nitrogens with one attached hydrogen (secondary N) is 1. The highest BCUT2D eigenvalue weighted by Crippen LogP contribution is 2.60. The summed E-state index contributed by atoms with van der Waals surface area (Å²) < 4.78 is 28.8. The third-order valence-corrected chi connectivity index (χ3v) is 13.3. The number of allylic oxidation sites excluding steroid dienone is 3. The summed E-state index contributed by atoms with van der Waals surface area (Å²) in [6.07, 6.45) is 7.52. The maximum Gasteiger partial charge on any atom is 0.264 e. The molecule has 1 saturated heterocycles. The van der Waals surface area contributed by atoms with Crippen molar-refractivity contribution < 1.29 is 33.4 Å². The Morgan fingerprint density at radius 1 is 1.08 bits per heavy atom. The molecule has 1 spiro atoms. The minimum atomic E-state index is -3.38. The van der Waals surface area contributed by atoms with Gasteiger partial charge in [-0.3, -0.25) is 14.5 Å². The Hall–Kier alpha value is -3.35. The lowest BCUT2D eigenvalue weighted by Gasteiger charge is -2.36. The zero-order valence-corrected chi connectivity index (χ0v) is 33.0. The van der Waals surface area contributed by atoms with E-state index in [9.17, 15) is 19.8 Å². The molecule has 3 aliphatic heterocycles. The molecule has 1 unspecified atom stereocenters. The molecule has 284 valence electrons. The summed E-state index contributed by atoms with van der Waals surface area (Å²) in [7, 11) is -3.38. The molecule has 52 heavy (non-hydrogen) atoms. The van der Waals surface area contributed by atoms with Crippen molar-refractivity contribution in [3.8, 4) is 5.75 Å². The van der Waals surface area contributed by atoms with Gasteiger partial charge in [-0.05, 0) is 128 Å². The first-order valence-corrected chi connectivity index (χ1v) is 21.9. The number of hydrogen-bond donors (Lipinski definition) is 3. The van der Waals surface area contributed by atoms with E-state index >= 15 is 4.11 Å². The van der Waals surface area contributed by atoms with Crippen LogP contribution in [-0.2, 0) is 26.3 Å². The van der Waals surface area contributed by atoms with Crippen LogP contribution in [0.4, 0.5) is 21.2 Å². The van der Waals surface area contributed by atoms with Crippen LogP contribution in [0.1, 0.15) is 77.8 Å². The number of fused-ring (bicyclic) bond motifs is 3. The quantitative estimate of drug-likeness (QED) is 0.0722. The monoisotopic (exact) mass is 735 g/mol. The normalized spacial score (nSPS) is 24.5. The lowest BCUT2D eigenvalue weighted by Crippen LogP contribution is -2.49. The number of carbonyl (C=O) groups excluding carboxylic acids is 2. The topological polar surface area (TPSA) is 112 Å². The van der Waals surface area contributed by atoms with Gasteiger partial charge < -0.3 is 34.0 Å². The molecule has 0 radical (unpaired) electrons. The Kier molecular flexibility index (Phi) is 12.8. The Morgan fingerprint density at radius 3 is 2.50 bits per heavy atom. The lowest BCUT2D eigenvalue weighted by atomic mass is 9.82. The zero-order valence-electron chi connectivity index (χ0n) is 32.0. The van der Waals surface area contributed by atoms with E-state index < -0.39 is 37.6 Å². The highest BCUT2D eigenvalue weighted by molar-refractivity contribution is 6.72. The minimum absolute atomic E-state index is 0.0907. The molecule has 2 amide bonds. The first-order valence-electron chi connectivity index (χ1n) is 18.9. The van der Waals surface area contributed by atoms with E-state index in [2.05, 4.69) is 38.2 Å². The molecule has 3 N–H and O–H groups in total. The van der Waals surface area contributed by atoms with Gasteiger partial charge in [-0.15, -0.1) is 0 Å². The van der Waals surface area contributed by atoms with Gasteiger partial charge in [-0.2, -0.15) is 0 Å². The van der Waals surface area contributed by atoms with E-state index in [-0.39, 0.29) is 31.4 Å². The SMILES string of the molecule is CCOc1ccc2c(c1)CC(NCCCCO)C(=O)N2c1ccc2c(c1)[C@]1(O[C@@H](CCO)[C@H]([Si](C)(C)F)[C@H]1C)C(=O)N2C/C=C(\C)CCC=C(C)C. The number of benzene rings is 2. The van der Waals surface area contributed by atoms with Crippen molar-refractivity contribution in [3.63, 3.8) is 0 Å². The molecule has 2 aromatic rings. The van der Waals surface area contributed by atoms with Crippen molar-refractivity contribution in [3.05, 3.63) is 70.8 Å². The molecule has 1 fully saturated rings. The molecular weight excluding hydrogens is 678 g/mol. The number of hydrogen-bond acceptors (Lipinski definition) is 7. The van der Waals surface area contributed by atoms with Crippen molar-refractivity contribution in [1.82, 2.24) is 5.32 Å². The van der Waals surface area contributed by atoms with Crippen molar-refractivity contribution in [2.45, 2.75) is 110 Å². The Morgan fingerprint density at radius 2 is 1.83 bits per heavy atom. The van der Waals surface area contributed by atoms with Crippen LogP contribution in [0.25, 0.3) is 0 Å². The number of rotatable bonds is 16. The zero-order chi connectivity index (χ0) is 37.8. The Labute approximate surface area is 310 Å². The molecule has 0 aromatic heterocycles. The second-order valence-corrected chi connectivity index (χ2v) is 19.1. The van der Waals surface area contributed by atoms with Crippen molar-refractivity contribution in [2.24, 2.45) is 5.92 Å². The highest BCUT2D eigenvalue weighted by atomic mass is 28.4. The van der Waals surface area contributed by atoms with Crippen LogP contribution in [-0.4, -0.2) is 75.5 Å². The van der Waals surface area contributed by atoms with Crippen LogP contribution >= 0.6 is 0 Å². The summed E-state index contributed by atoms with van der Waals surface area (Å²) in [4.78, 5) is 32.7. The van der Waals surface area contributed by atoms with Gasteiger partial charge in [0.05, 0.1) is 30.1 Å². The van der Waals surface area contributed by atoms with Crippen molar-refractivity contribution in [1.29, 1.82) is 0 Å². The first kappa shape index (κ1) is 39.8. The predicted octanol–water partition coefficient (Wildman–Crippen LogP) is 7.23. The number of unbranched alkanes of at least 4 members (excludes halogenated alkanes) is 1. The maximum absolute atomic E-state index is 16.2. The largest absolute Gasteiger partial charge is 0.494 e. The van der Waals surface area contributed by atoms with Gasteiger partial charge in [0, 0.05) is 42.5 Å². The number of amides is 2. The third kappa shape index (κ3) is 7.94. The molecule has 0 aliphatic carbocycles.